The van der Waals surface area contributed by atoms with Crippen molar-refractivity contribution < 1.29 is 14.7 Å². The molecule has 0 atom stereocenters. The zero-order valence-electron chi connectivity index (χ0n) is 17.1. The van der Waals surface area contributed by atoms with Gasteiger partial charge in [0, 0.05) is 6.54 Å². The van der Waals surface area contributed by atoms with Gasteiger partial charge < -0.3 is 10.4 Å². The van der Waals surface area contributed by atoms with Gasteiger partial charge in [-0.05, 0) is 60.9 Å². The standard InChI is InChI=1S/C21H34N2O3/c1-7-10-23(14-20(25)26)13-19(24)22-9-8-18-15(2)11-17(12-16(18)3)21(4,5)6/h11-12H,7-10,13-14H2,1-6H3,(H,22,24)(H,25,26). The van der Waals surface area contributed by atoms with Crippen molar-refractivity contribution in [3.8, 4) is 0 Å². The number of nitrogens with zero attached hydrogens (tertiary/aromatic N) is 1. The molecule has 1 rings (SSSR count). The summed E-state index contributed by atoms with van der Waals surface area (Å²) >= 11 is 0. The second-order valence-electron chi connectivity index (χ2n) is 8.04. The fourth-order valence-electron chi connectivity index (χ4n) is 3.13. The number of benzene rings is 1. The molecule has 0 spiro atoms. The van der Waals surface area contributed by atoms with Gasteiger partial charge in [0.1, 0.15) is 0 Å². The molecule has 0 saturated heterocycles. The average Bonchev–Trinajstić information content (AvgIpc) is 2.48. The maximum atomic E-state index is 12.1. The predicted molar refractivity (Wildman–Crippen MR) is 106 cm³/mol. The predicted octanol–water partition coefficient (Wildman–Crippen LogP) is 3.06. The number of aryl methyl sites for hydroxylation is 2. The molecule has 0 aliphatic rings. The van der Waals surface area contributed by atoms with Crippen LogP contribution in [-0.2, 0) is 21.4 Å². The molecule has 5 heteroatoms. The van der Waals surface area contributed by atoms with E-state index in [9.17, 15) is 9.59 Å². The topological polar surface area (TPSA) is 69.6 Å². The summed E-state index contributed by atoms with van der Waals surface area (Å²) in [5.74, 6) is -1.03. The zero-order chi connectivity index (χ0) is 19.9. The molecule has 0 saturated carbocycles. The van der Waals surface area contributed by atoms with Gasteiger partial charge in [0.15, 0.2) is 0 Å². The summed E-state index contributed by atoms with van der Waals surface area (Å²) in [7, 11) is 0. The fraction of sp³-hybridized carbons (Fsp3) is 0.619. The number of nitrogens with one attached hydrogen (secondary N) is 1. The van der Waals surface area contributed by atoms with Crippen LogP contribution < -0.4 is 5.32 Å². The van der Waals surface area contributed by atoms with Crippen molar-refractivity contribution in [1.82, 2.24) is 10.2 Å². The molecule has 0 bridgehead atoms. The van der Waals surface area contributed by atoms with Crippen LogP contribution in [0.5, 0.6) is 0 Å². The number of carboxylic acid groups (broad SMARTS) is 1. The number of carbonyl (C=O) groups excluding carboxylic acids is 1. The van der Waals surface area contributed by atoms with Crippen LogP contribution in [0.1, 0.15) is 56.4 Å². The van der Waals surface area contributed by atoms with E-state index in [0.717, 1.165) is 12.8 Å². The monoisotopic (exact) mass is 362 g/mol. The van der Waals surface area contributed by atoms with E-state index >= 15 is 0 Å². The van der Waals surface area contributed by atoms with Crippen LogP contribution in [-0.4, -0.2) is 48.1 Å². The summed E-state index contributed by atoms with van der Waals surface area (Å²) in [4.78, 5) is 24.6. The molecule has 2 N–H and O–H groups in total. The maximum Gasteiger partial charge on any atom is 0.317 e. The van der Waals surface area contributed by atoms with E-state index in [1.807, 2.05) is 6.92 Å². The van der Waals surface area contributed by atoms with Gasteiger partial charge in [0.05, 0.1) is 13.1 Å². The molecule has 26 heavy (non-hydrogen) atoms. The molecule has 0 aliphatic heterocycles. The molecular weight excluding hydrogens is 328 g/mol. The highest BCUT2D eigenvalue weighted by Crippen LogP contribution is 2.27. The molecule has 0 radical (unpaired) electrons. The quantitative estimate of drug-likeness (QED) is 0.708. The number of rotatable bonds is 9. The van der Waals surface area contributed by atoms with Crippen LogP contribution in [0.4, 0.5) is 0 Å². The Kier molecular flexibility index (Phi) is 8.28. The summed E-state index contributed by atoms with van der Waals surface area (Å²) in [5.41, 5.74) is 5.22. The van der Waals surface area contributed by atoms with Crippen LogP contribution in [0, 0.1) is 13.8 Å². The molecule has 146 valence electrons. The SMILES string of the molecule is CCCN(CC(=O)O)CC(=O)NCCc1c(C)cc(C(C)(C)C)cc1C. The summed E-state index contributed by atoms with van der Waals surface area (Å²) in [5, 5.41) is 11.8. The van der Waals surface area contributed by atoms with Crippen LogP contribution >= 0.6 is 0 Å². The van der Waals surface area contributed by atoms with Crippen molar-refractivity contribution in [2.75, 3.05) is 26.2 Å². The molecule has 0 heterocycles. The van der Waals surface area contributed by atoms with Gasteiger partial charge in [-0.3, -0.25) is 14.5 Å². The van der Waals surface area contributed by atoms with Gasteiger partial charge in [0.2, 0.25) is 5.91 Å². The van der Waals surface area contributed by atoms with Gasteiger partial charge in [-0.15, -0.1) is 0 Å². The molecule has 5 nitrogen and oxygen atoms in total. The zero-order valence-corrected chi connectivity index (χ0v) is 17.1. The fourth-order valence-corrected chi connectivity index (χ4v) is 3.13. The van der Waals surface area contributed by atoms with E-state index in [2.05, 4.69) is 52.1 Å². The second-order valence-corrected chi connectivity index (χ2v) is 8.04. The first kappa shape index (κ1) is 22.2. The minimum atomic E-state index is -0.906. The minimum absolute atomic E-state index is 0.103. The Bertz CT molecular complexity index is 610. The second kappa shape index (κ2) is 9.72. The summed E-state index contributed by atoms with van der Waals surface area (Å²) < 4.78 is 0. The van der Waals surface area contributed by atoms with Crippen molar-refractivity contribution in [2.45, 2.75) is 59.8 Å². The number of carboxylic acids is 1. The molecule has 1 amide bonds. The largest absolute Gasteiger partial charge is 0.480 e. The Morgan fingerprint density at radius 3 is 2.15 bits per heavy atom. The van der Waals surface area contributed by atoms with Gasteiger partial charge >= 0.3 is 5.97 Å². The number of hydrogen-bond acceptors (Lipinski definition) is 3. The Balaban J connectivity index is 2.62. The highest BCUT2D eigenvalue weighted by atomic mass is 16.4. The number of carbonyl (C=O) groups is 2. The molecular formula is C21H34N2O3. The maximum absolute atomic E-state index is 12.1. The summed E-state index contributed by atoms with van der Waals surface area (Å²) in [6, 6.07) is 4.47. The van der Waals surface area contributed by atoms with Gasteiger partial charge in [0.25, 0.3) is 0 Å². The Labute approximate surface area is 157 Å². The smallest absolute Gasteiger partial charge is 0.317 e. The first-order valence-corrected chi connectivity index (χ1v) is 9.36. The molecule has 1 aromatic carbocycles. The van der Waals surface area contributed by atoms with Crippen molar-refractivity contribution in [3.63, 3.8) is 0 Å². The molecule has 0 fully saturated rings. The van der Waals surface area contributed by atoms with Gasteiger partial charge in [-0.1, -0.05) is 39.8 Å². The lowest BCUT2D eigenvalue weighted by Gasteiger charge is -2.22. The molecule has 0 aliphatic carbocycles. The van der Waals surface area contributed by atoms with Crippen LogP contribution in [0.2, 0.25) is 0 Å². The first-order chi connectivity index (χ1) is 12.0. The van der Waals surface area contributed by atoms with Crippen LogP contribution in [0.25, 0.3) is 0 Å². The molecule has 1 aromatic rings. The van der Waals surface area contributed by atoms with Gasteiger partial charge in [-0.25, -0.2) is 0 Å². The van der Waals surface area contributed by atoms with E-state index in [1.54, 1.807) is 4.90 Å². The van der Waals surface area contributed by atoms with E-state index in [-0.39, 0.29) is 24.4 Å². The van der Waals surface area contributed by atoms with Crippen molar-refractivity contribution in [1.29, 1.82) is 0 Å². The third-order valence-electron chi connectivity index (χ3n) is 4.53. The van der Waals surface area contributed by atoms with Crippen molar-refractivity contribution in [3.05, 3.63) is 34.4 Å². The van der Waals surface area contributed by atoms with E-state index in [0.29, 0.717) is 13.1 Å². The molecule has 0 aromatic heterocycles. The molecule has 0 unspecified atom stereocenters. The summed E-state index contributed by atoms with van der Waals surface area (Å²) in [6.45, 7) is 14.0. The van der Waals surface area contributed by atoms with E-state index < -0.39 is 5.97 Å². The lowest BCUT2D eigenvalue weighted by molar-refractivity contribution is -0.138. The van der Waals surface area contributed by atoms with Gasteiger partial charge in [-0.2, -0.15) is 0 Å². The Hall–Kier alpha value is -1.88. The van der Waals surface area contributed by atoms with E-state index in [4.69, 9.17) is 5.11 Å². The summed E-state index contributed by atoms with van der Waals surface area (Å²) in [6.07, 6.45) is 1.60. The first-order valence-electron chi connectivity index (χ1n) is 9.36. The van der Waals surface area contributed by atoms with Crippen LogP contribution in [0.3, 0.4) is 0 Å². The number of amides is 1. The van der Waals surface area contributed by atoms with Crippen molar-refractivity contribution >= 4 is 11.9 Å². The third-order valence-corrected chi connectivity index (χ3v) is 4.53. The van der Waals surface area contributed by atoms with Crippen molar-refractivity contribution in [2.24, 2.45) is 0 Å². The highest BCUT2D eigenvalue weighted by molar-refractivity contribution is 5.79. The minimum Gasteiger partial charge on any atom is -0.480 e. The third kappa shape index (κ3) is 7.16. The Morgan fingerprint density at radius 2 is 1.69 bits per heavy atom. The highest BCUT2D eigenvalue weighted by Gasteiger charge is 2.17. The number of hydrogen-bond donors (Lipinski definition) is 2. The van der Waals surface area contributed by atoms with E-state index in [1.165, 1.54) is 22.3 Å². The number of aliphatic carboxylic acids is 1. The van der Waals surface area contributed by atoms with Crippen LogP contribution in [0.15, 0.2) is 12.1 Å². The normalized spacial score (nSPS) is 11.7. The Morgan fingerprint density at radius 1 is 1.12 bits per heavy atom. The lowest BCUT2D eigenvalue weighted by Crippen LogP contribution is -2.40. The average molecular weight is 363 g/mol. The lowest BCUT2D eigenvalue weighted by atomic mass is 9.83.